The highest BCUT2D eigenvalue weighted by atomic mass is 16.2. The molecule has 0 bridgehead atoms. The van der Waals surface area contributed by atoms with E-state index in [1.165, 1.54) is 12.0 Å². The molecule has 0 radical (unpaired) electrons. The van der Waals surface area contributed by atoms with E-state index in [1.807, 2.05) is 55.5 Å². The second-order valence-corrected chi connectivity index (χ2v) is 9.37. The van der Waals surface area contributed by atoms with Crippen LogP contribution in [0.3, 0.4) is 0 Å². The zero-order chi connectivity index (χ0) is 22.4. The van der Waals surface area contributed by atoms with E-state index < -0.39 is 0 Å². The first-order valence-electron chi connectivity index (χ1n) is 11.1. The van der Waals surface area contributed by atoms with Crippen molar-refractivity contribution in [3.05, 3.63) is 65.2 Å². The summed E-state index contributed by atoms with van der Waals surface area (Å²) >= 11 is 0. The quantitative estimate of drug-likeness (QED) is 0.485. The molecule has 2 amide bonds. The molecule has 1 fully saturated rings. The third kappa shape index (κ3) is 6.27. The van der Waals surface area contributed by atoms with E-state index in [2.05, 4.69) is 36.6 Å². The predicted molar refractivity (Wildman–Crippen MR) is 126 cm³/mol. The monoisotopic (exact) mass is 419 g/mol. The van der Waals surface area contributed by atoms with Gasteiger partial charge in [-0.2, -0.15) is 5.10 Å². The number of amides is 2. The number of benzene rings is 2. The standard InChI is InChI=1S/C26H33N3O2/c1-18(28-29-25(31)21-10-14-22(15-11-21)26(2,3)4)19-12-16-23(17-13-19)27-24(30)20-8-6-5-7-9-20/h10-17,20H,5-9H2,1-4H3,(H,27,30)(H,29,31). The Labute approximate surface area is 185 Å². The molecule has 5 nitrogen and oxygen atoms in total. The molecule has 1 aliphatic rings. The predicted octanol–water partition coefficient (Wildman–Crippen LogP) is 5.66. The number of carbonyl (C=O) groups excluding carboxylic acids is 2. The smallest absolute Gasteiger partial charge is 0.271 e. The van der Waals surface area contributed by atoms with Crippen molar-refractivity contribution in [3.8, 4) is 0 Å². The summed E-state index contributed by atoms with van der Waals surface area (Å²) in [6.45, 7) is 8.27. The summed E-state index contributed by atoms with van der Waals surface area (Å²) in [4.78, 5) is 24.8. The zero-order valence-corrected chi connectivity index (χ0v) is 19.0. The molecule has 0 saturated heterocycles. The lowest BCUT2D eigenvalue weighted by Gasteiger charge is -2.20. The fourth-order valence-corrected chi connectivity index (χ4v) is 3.79. The third-order valence-electron chi connectivity index (χ3n) is 5.88. The van der Waals surface area contributed by atoms with Crippen molar-refractivity contribution in [2.45, 2.75) is 65.2 Å². The molecular weight excluding hydrogens is 386 g/mol. The fourth-order valence-electron chi connectivity index (χ4n) is 3.79. The molecule has 0 atom stereocenters. The van der Waals surface area contributed by atoms with Gasteiger partial charge in [-0.25, -0.2) is 5.43 Å². The molecule has 2 N–H and O–H groups in total. The van der Waals surface area contributed by atoms with E-state index in [1.54, 1.807) is 0 Å². The molecule has 3 rings (SSSR count). The molecule has 2 aromatic carbocycles. The number of hydrogen-bond donors (Lipinski definition) is 2. The molecule has 31 heavy (non-hydrogen) atoms. The Bertz CT molecular complexity index is 932. The fraction of sp³-hybridized carbons (Fsp3) is 0.423. The Morgan fingerprint density at radius 3 is 2.03 bits per heavy atom. The number of nitrogens with one attached hydrogen (secondary N) is 2. The lowest BCUT2D eigenvalue weighted by molar-refractivity contribution is -0.120. The van der Waals surface area contributed by atoms with Crippen LogP contribution in [-0.2, 0) is 10.2 Å². The van der Waals surface area contributed by atoms with Gasteiger partial charge < -0.3 is 5.32 Å². The number of carbonyl (C=O) groups is 2. The van der Waals surface area contributed by atoms with Crippen LogP contribution in [0.1, 0.15) is 81.3 Å². The van der Waals surface area contributed by atoms with Crippen molar-refractivity contribution < 1.29 is 9.59 Å². The first kappa shape index (κ1) is 22.7. The van der Waals surface area contributed by atoms with Crippen LogP contribution in [0.4, 0.5) is 5.69 Å². The summed E-state index contributed by atoms with van der Waals surface area (Å²) in [6.07, 6.45) is 5.47. The highest BCUT2D eigenvalue weighted by molar-refractivity contribution is 6.01. The molecule has 0 unspecified atom stereocenters. The number of hydrazone groups is 1. The van der Waals surface area contributed by atoms with Gasteiger partial charge in [0.2, 0.25) is 5.91 Å². The van der Waals surface area contributed by atoms with Crippen LogP contribution in [0.2, 0.25) is 0 Å². The van der Waals surface area contributed by atoms with E-state index in [9.17, 15) is 9.59 Å². The number of rotatable bonds is 5. The normalized spacial score (nSPS) is 15.4. The average molecular weight is 420 g/mol. The van der Waals surface area contributed by atoms with Crippen LogP contribution in [0.25, 0.3) is 0 Å². The topological polar surface area (TPSA) is 70.6 Å². The minimum Gasteiger partial charge on any atom is -0.326 e. The molecule has 164 valence electrons. The van der Waals surface area contributed by atoms with E-state index in [4.69, 9.17) is 0 Å². The summed E-state index contributed by atoms with van der Waals surface area (Å²) < 4.78 is 0. The van der Waals surface area contributed by atoms with Crippen LogP contribution < -0.4 is 10.7 Å². The number of anilines is 1. The maximum Gasteiger partial charge on any atom is 0.271 e. The van der Waals surface area contributed by atoms with Gasteiger partial charge in [-0.15, -0.1) is 0 Å². The minimum absolute atomic E-state index is 0.0474. The van der Waals surface area contributed by atoms with Crippen molar-refractivity contribution >= 4 is 23.2 Å². The molecule has 1 saturated carbocycles. The van der Waals surface area contributed by atoms with Crippen molar-refractivity contribution in [3.63, 3.8) is 0 Å². The Kier molecular flexibility index (Phi) is 7.26. The van der Waals surface area contributed by atoms with Crippen molar-refractivity contribution in [1.29, 1.82) is 0 Å². The van der Waals surface area contributed by atoms with Crippen LogP contribution in [0.5, 0.6) is 0 Å². The molecule has 0 spiro atoms. The summed E-state index contributed by atoms with van der Waals surface area (Å²) in [5, 5.41) is 7.25. The van der Waals surface area contributed by atoms with Crippen molar-refractivity contribution in [2.24, 2.45) is 11.0 Å². The maximum atomic E-state index is 12.4. The van der Waals surface area contributed by atoms with E-state index in [0.29, 0.717) is 11.3 Å². The van der Waals surface area contributed by atoms with Gasteiger partial charge in [-0.05, 0) is 60.6 Å². The lowest BCUT2D eigenvalue weighted by Crippen LogP contribution is -2.24. The second-order valence-electron chi connectivity index (χ2n) is 9.37. The molecule has 2 aromatic rings. The highest BCUT2D eigenvalue weighted by Gasteiger charge is 2.21. The first-order chi connectivity index (χ1) is 14.7. The average Bonchev–Trinajstić information content (AvgIpc) is 2.78. The third-order valence-corrected chi connectivity index (χ3v) is 5.88. The summed E-state index contributed by atoms with van der Waals surface area (Å²) in [6, 6.07) is 15.2. The first-order valence-corrected chi connectivity index (χ1v) is 11.1. The molecular formula is C26H33N3O2. The van der Waals surface area contributed by atoms with E-state index >= 15 is 0 Å². The molecule has 1 aliphatic carbocycles. The van der Waals surface area contributed by atoms with Crippen LogP contribution in [-0.4, -0.2) is 17.5 Å². The van der Waals surface area contributed by atoms with Gasteiger partial charge in [0, 0.05) is 17.2 Å². The molecule has 0 aliphatic heterocycles. The van der Waals surface area contributed by atoms with Gasteiger partial charge in [-0.1, -0.05) is 64.3 Å². The summed E-state index contributed by atoms with van der Waals surface area (Å²) in [5.74, 6) is 0.00292. The highest BCUT2D eigenvalue weighted by Crippen LogP contribution is 2.25. The molecule has 5 heteroatoms. The lowest BCUT2D eigenvalue weighted by atomic mass is 9.87. The summed E-state index contributed by atoms with van der Waals surface area (Å²) in [5.41, 5.74) is 6.80. The molecule has 0 aromatic heterocycles. The van der Waals surface area contributed by atoms with Gasteiger partial charge in [0.05, 0.1) is 5.71 Å². The Balaban J connectivity index is 1.57. The van der Waals surface area contributed by atoms with Crippen molar-refractivity contribution in [2.75, 3.05) is 5.32 Å². The SMILES string of the molecule is CC(=NNC(=O)c1ccc(C(C)(C)C)cc1)c1ccc(NC(=O)C2CCCCC2)cc1. The van der Waals surface area contributed by atoms with E-state index in [-0.39, 0.29) is 23.1 Å². The Morgan fingerprint density at radius 2 is 1.45 bits per heavy atom. The molecule has 0 heterocycles. The van der Waals surface area contributed by atoms with Gasteiger partial charge >= 0.3 is 0 Å². The minimum atomic E-state index is -0.240. The van der Waals surface area contributed by atoms with Crippen LogP contribution in [0, 0.1) is 5.92 Å². The Hall–Kier alpha value is -2.95. The van der Waals surface area contributed by atoms with E-state index in [0.717, 1.165) is 36.9 Å². The largest absolute Gasteiger partial charge is 0.326 e. The van der Waals surface area contributed by atoms with Gasteiger partial charge in [-0.3, -0.25) is 9.59 Å². The zero-order valence-electron chi connectivity index (χ0n) is 19.0. The number of hydrogen-bond acceptors (Lipinski definition) is 3. The second kappa shape index (κ2) is 9.90. The van der Waals surface area contributed by atoms with Crippen LogP contribution in [0.15, 0.2) is 53.6 Å². The van der Waals surface area contributed by atoms with Crippen molar-refractivity contribution in [1.82, 2.24) is 5.43 Å². The number of nitrogens with zero attached hydrogens (tertiary/aromatic N) is 1. The van der Waals surface area contributed by atoms with Crippen LogP contribution >= 0.6 is 0 Å². The van der Waals surface area contributed by atoms with Gasteiger partial charge in [0.25, 0.3) is 5.91 Å². The van der Waals surface area contributed by atoms with Gasteiger partial charge in [0.15, 0.2) is 0 Å². The maximum absolute atomic E-state index is 12.4. The summed E-state index contributed by atoms with van der Waals surface area (Å²) in [7, 11) is 0. The van der Waals surface area contributed by atoms with Gasteiger partial charge in [0.1, 0.15) is 0 Å². The Morgan fingerprint density at radius 1 is 0.871 bits per heavy atom.